The molecule has 2 heterocycles. The van der Waals surface area contributed by atoms with E-state index < -0.39 is 0 Å². The Morgan fingerprint density at radius 1 is 1.12 bits per heavy atom. The molecule has 2 aromatic carbocycles. The highest BCUT2D eigenvalue weighted by atomic mass is 35.5. The van der Waals surface area contributed by atoms with Crippen molar-refractivity contribution in [2.45, 2.75) is 63.5 Å². The molecule has 0 amide bonds. The summed E-state index contributed by atoms with van der Waals surface area (Å²) in [4.78, 5) is 6.03. The number of halogens is 2. The van der Waals surface area contributed by atoms with Crippen LogP contribution in [0.15, 0.2) is 42.6 Å². The van der Waals surface area contributed by atoms with Gasteiger partial charge in [0.1, 0.15) is 23.9 Å². The van der Waals surface area contributed by atoms with Gasteiger partial charge in [-0.2, -0.15) is 0 Å². The first-order valence-corrected chi connectivity index (χ1v) is 12.0. The number of ether oxygens (including phenoxy) is 2. The van der Waals surface area contributed by atoms with Crippen molar-refractivity contribution >= 4 is 23.3 Å². The standard InChI is InChI=1S/C27H33FN2O2.ClH/c1-3-13-30(21-15-23-26(31-2)5-4-6-27(23)32-17-21)20-10-7-18(8-11-20)24-16-29-25-12-9-19(28)14-22(24)25;/h4-6,9,12,14,16,18,20-21,29H,3,7-8,10-11,13,15,17H2,1-2H3;1H/t18-,20+,21?;. The normalized spacial score (nSPS) is 22.5. The summed E-state index contributed by atoms with van der Waals surface area (Å²) in [5.41, 5.74) is 3.50. The molecule has 0 spiro atoms. The third-order valence-electron chi connectivity index (χ3n) is 7.41. The summed E-state index contributed by atoms with van der Waals surface area (Å²) >= 11 is 0. The van der Waals surface area contributed by atoms with Crippen molar-refractivity contribution in [3.63, 3.8) is 0 Å². The molecule has 0 radical (unpaired) electrons. The number of aromatic amines is 1. The van der Waals surface area contributed by atoms with Crippen LogP contribution in [0.2, 0.25) is 0 Å². The van der Waals surface area contributed by atoms with Crippen molar-refractivity contribution in [3.8, 4) is 11.5 Å². The van der Waals surface area contributed by atoms with E-state index in [0.29, 0.717) is 18.0 Å². The molecule has 2 aliphatic rings. The van der Waals surface area contributed by atoms with E-state index in [1.165, 1.54) is 30.0 Å². The summed E-state index contributed by atoms with van der Waals surface area (Å²) in [5.74, 6) is 2.23. The first-order valence-electron chi connectivity index (χ1n) is 12.0. The summed E-state index contributed by atoms with van der Waals surface area (Å²) < 4.78 is 25.6. The first kappa shape index (κ1) is 23.9. The van der Waals surface area contributed by atoms with Crippen molar-refractivity contribution in [1.29, 1.82) is 0 Å². The number of benzene rings is 2. The summed E-state index contributed by atoms with van der Waals surface area (Å²) in [6, 6.07) is 12.1. The Labute approximate surface area is 201 Å². The van der Waals surface area contributed by atoms with E-state index >= 15 is 0 Å². The minimum absolute atomic E-state index is 0. The molecule has 3 aromatic rings. The summed E-state index contributed by atoms with van der Waals surface area (Å²) in [7, 11) is 1.74. The quantitative estimate of drug-likeness (QED) is 0.446. The third-order valence-corrected chi connectivity index (χ3v) is 7.41. The molecule has 33 heavy (non-hydrogen) atoms. The number of hydrogen-bond donors (Lipinski definition) is 1. The largest absolute Gasteiger partial charge is 0.496 e. The van der Waals surface area contributed by atoms with Crippen LogP contribution in [0, 0.1) is 5.82 Å². The van der Waals surface area contributed by atoms with Gasteiger partial charge in [0.15, 0.2) is 0 Å². The van der Waals surface area contributed by atoms with Gasteiger partial charge in [-0.15, -0.1) is 12.4 Å². The zero-order valence-electron chi connectivity index (χ0n) is 19.5. The second-order valence-electron chi connectivity index (χ2n) is 9.28. The van der Waals surface area contributed by atoms with Crippen molar-refractivity contribution in [1.82, 2.24) is 9.88 Å². The zero-order valence-corrected chi connectivity index (χ0v) is 20.3. The number of aromatic nitrogens is 1. The first-order chi connectivity index (χ1) is 15.7. The average molecular weight is 473 g/mol. The lowest BCUT2D eigenvalue weighted by Crippen LogP contribution is -2.50. The second-order valence-corrected chi connectivity index (χ2v) is 9.28. The van der Waals surface area contributed by atoms with E-state index in [1.807, 2.05) is 24.3 Å². The number of methoxy groups -OCH3 is 1. The molecule has 1 aliphatic heterocycles. The lowest BCUT2D eigenvalue weighted by molar-refractivity contribution is 0.0588. The molecule has 4 nitrogen and oxygen atoms in total. The Hall–Kier alpha value is -2.24. The van der Waals surface area contributed by atoms with Gasteiger partial charge in [0.05, 0.1) is 7.11 Å². The maximum atomic E-state index is 13.8. The van der Waals surface area contributed by atoms with Crippen LogP contribution in [0.25, 0.3) is 10.9 Å². The summed E-state index contributed by atoms with van der Waals surface area (Å²) in [6.07, 6.45) is 8.82. The third kappa shape index (κ3) is 4.71. The fraction of sp³-hybridized carbons (Fsp3) is 0.481. The minimum atomic E-state index is -0.158. The highest BCUT2D eigenvalue weighted by Gasteiger charge is 2.34. The predicted octanol–water partition coefficient (Wildman–Crippen LogP) is 6.48. The SMILES string of the molecule is CCCN(C1COc2cccc(OC)c2C1)[C@H]1CC[C@@H](c2c[nH]c3ccc(F)cc32)CC1.Cl. The van der Waals surface area contributed by atoms with Gasteiger partial charge in [0.25, 0.3) is 0 Å². The number of nitrogens with one attached hydrogen (secondary N) is 1. The Balaban J connectivity index is 0.00000259. The molecule has 1 aliphatic carbocycles. The van der Waals surface area contributed by atoms with E-state index in [1.54, 1.807) is 13.2 Å². The number of fused-ring (bicyclic) bond motifs is 2. The molecular weight excluding hydrogens is 439 g/mol. The molecule has 1 aromatic heterocycles. The molecule has 1 saturated carbocycles. The van der Waals surface area contributed by atoms with Gasteiger partial charge in [-0.1, -0.05) is 13.0 Å². The molecule has 178 valence electrons. The van der Waals surface area contributed by atoms with Gasteiger partial charge in [0.2, 0.25) is 0 Å². The molecule has 0 saturated heterocycles. The summed E-state index contributed by atoms with van der Waals surface area (Å²) in [5, 5.41) is 1.04. The van der Waals surface area contributed by atoms with E-state index in [2.05, 4.69) is 23.0 Å². The highest BCUT2D eigenvalue weighted by Crippen LogP contribution is 2.40. The molecule has 0 bridgehead atoms. The number of hydrogen-bond acceptors (Lipinski definition) is 3. The molecule has 5 rings (SSSR count). The van der Waals surface area contributed by atoms with Crippen LogP contribution in [0.4, 0.5) is 4.39 Å². The Morgan fingerprint density at radius 3 is 2.70 bits per heavy atom. The zero-order chi connectivity index (χ0) is 22.1. The number of H-pyrrole nitrogens is 1. The molecule has 1 atom stereocenters. The number of nitrogens with zero attached hydrogens (tertiary/aromatic N) is 1. The topological polar surface area (TPSA) is 37.5 Å². The molecule has 1 N–H and O–H groups in total. The van der Waals surface area contributed by atoms with Crippen molar-refractivity contribution < 1.29 is 13.9 Å². The Bertz CT molecular complexity index is 1060. The number of rotatable bonds is 6. The van der Waals surface area contributed by atoms with Crippen LogP contribution < -0.4 is 9.47 Å². The van der Waals surface area contributed by atoms with Crippen LogP contribution in [-0.2, 0) is 6.42 Å². The van der Waals surface area contributed by atoms with Gasteiger partial charge in [-0.05, 0) is 86.9 Å². The highest BCUT2D eigenvalue weighted by molar-refractivity contribution is 5.85. The monoisotopic (exact) mass is 472 g/mol. The Morgan fingerprint density at radius 2 is 1.94 bits per heavy atom. The van der Waals surface area contributed by atoms with Crippen molar-refractivity contribution in [2.75, 3.05) is 20.3 Å². The van der Waals surface area contributed by atoms with Gasteiger partial charge in [-0.3, -0.25) is 4.90 Å². The van der Waals surface area contributed by atoms with Crippen LogP contribution in [0.3, 0.4) is 0 Å². The Kier molecular flexibility index (Phi) is 7.50. The molecule has 1 fully saturated rings. The fourth-order valence-electron chi connectivity index (χ4n) is 5.86. The minimum Gasteiger partial charge on any atom is -0.496 e. The predicted molar refractivity (Wildman–Crippen MR) is 133 cm³/mol. The molecule has 1 unspecified atom stereocenters. The van der Waals surface area contributed by atoms with Crippen LogP contribution in [0.5, 0.6) is 11.5 Å². The lowest BCUT2D eigenvalue weighted by Gasteiger charge is -2.43. The van der Waals surface area contributed by atoms with Crippen LogP contribution >= 0.6 is 12.4 Å². The van der Waals surface area contributed by atoms with E-state index in [9.17, 15) is 4.39 Å². The summed E-state index contributed by atoms with van der Waals surface area (Å²) in [6.45, 7) is 4.09. The van der Waals surface area contributed by atoms with Crippen molar-refractivity contribution in [2.24, 2.45) is 0 Å². The van der Waals surface area contributed by atoms with E-state index in [-0.39, 0.29) is 18.2 Å². The van der Waals surface area contributed by atoms with E-state index in [0.717, 1.165) is 61.2 Å². The molecule has 6 heteroatoms. The van der Waals surface area contributed by atoms with Crippen LogP contribution in [0.1, 0.15) is 56.1 Å². The fourth-order valence-corrected chi connectivity index (χ4v) is 5.86. The smallest absolute Gasteiger partial charge is 0.126 e. The van der Waals surface area contributed by atoms with Gasteiger partial charge >= 0.3 is 0 Å². The van der Waals surface area contributed by atoms with Crippen LogP contribution in [-0.4, -0.2) is 42.2 Å². The average Bonchev–Trinajstić information content (AvgIpc) is 3.25. The van der Waals surface area contributed by atoms with Gasteiger partial charge in [0, 0.05) is 34.7 Å². The van der Waals surface area contributed by atoms with Crippen molar-refractivity contribution in [3.05, 3.63) is 59.5 Å². The van der Waals surface area contributed by atoms with Gasteiger partial charge in [-0.25, -0.2) is 4.39 Å². The second kappa shape index (κ2) is 10.4. The maximum absolute atomic E-state index is 13.8. The molecular formula is C27H34ClFN2O2. The van der Waals surface area contributed by atoms with Gasteiger partial charge < -0.3 is 14.5 Å². The maximum Gasteiger partial charge on any atom is 0.126 e. The lowest BCUT2D eigenvalue weighted by atomic mass is 9.80. The van der Waals surface area contributed by atoms with E-state index in [4.69, 9.17) is 9.47 Å².